The molecule has 4 aromatic rings. The Morgan fingerprint density at radius 2 is 1.91 bits per heavy atom. The molecule has 1 saturated heterocycles. The number of ether oxygens (including phenoxy) is 2. The van der Waals surface area contributed by atoms with Crippen LogP contribution in [0.3, 0.4) is 0 Å². The predicted molar refractivity (Wildman–Crippen MR) is 164 cm³/mol. The first kappa shape index (κ1) is 30.3. The van der Waals surface area contributed by atoms with Gasteiger partial charge < -0.3 is 28.9 Å². The van der Waals surface area contributed by atoms with E-state index in [0.29, 0.717) is 52.5 Å². The van der Waals surface area contributed by atoms with E-state index in [1.165, 1.54) is 36.4 Å². The molecular formula is C29H30FN5O6S2. The van der Waals surface area contributed by atoms with E-state index < -0.39 is 22.8 Å². The molecule has 1 atom stereocenters. The first-order valence-corrected chi connectivity index (χ1v) is 15.3. The quantitative estimate of drug-likeness (QED) is 0.198. The molecule has 5 rings (SSSR count). The molecule has 14 heteroatoms. The number of aromatic carboxylic acids is 1. The van der Waals surface area contributed by atoms with Crippen LogP contribution in [0, 0.1) is 5.82 Å². The lowest BCUT2D eigenvalue weighted by molar-refractivity contribution is 0.0694. The van der Waals surface area contributed by atoms with Crippen LogP contribution in [0.25, 0.3) is 10.9 Å². The summed E-state index contributed by atoms with van der Waals surface area (Å²) in [6.45, 7) is 5.55. The number of methoxy groups -OCH3 is 2. The summed E-state index contributed by atoms with van der Waals surface area (Å²) < 4.78 is 28.8. The summed E-state index contributed by atoms with van der Waals surface area (Å²) in [4.78, 5) is 41.1. The molecule has 11 nitrogen and oxygen atoms in total. The molecule has 226 valence electrons. The summed E-state index contributed by atoms with van der Waals surface area (Å²) in [5.74, 6) is -0.965. The summed E-state index contributed by atoms with van der Waals surface area (Å²) >= 11 is 2.73. The van der Waals surface area contributed by atoms with Crippen molar-refractivity contribution in [3.8, 4) is 11.5 Å². The fourth-order valence-electron chi connectivity index (χ4n) is 5.19. The number of thioether (sulfide) groups is 1. The monoisotopic (exact) mass is 627 g/mol. The summed E-state index contributed by atoms with van der Waals surface area (Å²) in [5.41, 5.74) is -0.0224. The van der Waals surface area contributed by atoms with Crippen molar-refractivity contribution in [3.63, 3.8) is 0 Å². The Morgan fingerprint density at radius 3 is 2.53 bits per heavy atom. The van der Waals surface area contributed by atoms with Gasteiger partial charge in [-0.25, -0.2) is 9.18 Å². The third-order valence-electron chi connectivity index (χ3n) is 7.34. The molecule has 1 unspecified atom stereocenters. The van der Waals surface area contributed by atoms with Gasteiger partial charge in [0.25, 0.3) is 0 Å². The Morgan fingerprint density at radius 1 is 1.16 bits per heavy atom. The minimum Gasteiger partial charge on any atom is -0.497 e. The fraction of sp³-hybridized carbons (Fsp3) is 0.345. The number of benzene rings is 2. The van der Waals surface area contributed by atoms with Crippen molar-refractivity contribution >= 4 is 56.6 Å². The summed E-state index contributed by atoms with van der Waals surface area (Å²) in [5, 5.41) is 18.8. The van der Waals surface area contributed by atoms with Gasteiger partial charge in [0.2, 0.25) is 10.6 Å². The summed E-state index contributed by atoms with van der Waals surface area (Å²) in [6.07, 6.45) is 1.27. The molecule has 1 aliphatic heterocycles. The number of carboxylic acid groups (broad SMARTS) is 1. The number of hydrogen-bond donors (Lipinski definition) is 1. The van der Waals surface area contributed by atoms with Crippen molar-refractivity contribution in [3.05, 3.63) is 63.7 Å². The number of aryl methyl sites for hydroxylation is 1. The maximum atomic E-state index is 15.7. The second-order valence-corrected chi connectivity index (χ2v) is 12.1. The fourth-order valence-corrected chi connectivity index (χ4v) is 7.05. The molecule has 0 radical (unpaired) electrons. The zero-order valence-electron chi connectivity index (χ0n) is 24.0. The van der Waals surface area contributed by atoms with E-state index in [4.69, 9.17) is 9.47 Å². The van der Waals surface area contributed by atoms with Crippen LogP contribution in [-0.4, -0.2) is 77.3 Å². The number of pyridine rings is 1. The van der Waals surface area contributed by atoms with E-state index >= 15 is 4.39 Å². The van der Waals surface area contributed by atoms with Crippen molar-refractivity contribution < 1.29 is 28.6 Å². The molecule has 0 amide bonds. The van der Waals surface area contributed by atoms with Gasteiger partial charge in [0.15, 0.2) is 21.7 Å². The number of anilines is 2. The van der Waals surface area contributed by atoms with Crippen molar-refractivity contribution in [1.29, 1.82) is 0 Å². The maximum absolute atomic E-state index is 15.7. The lowest BCUT2D eigenvalue weighted by Gasteiger charge is -2.41. The molecular weight excluding hydrogens is 597 g/mol. The average molecular weight is 628 g/mol. The highest BCUT2D eigenvalue weighted by Gasteiger charge is 2.31. The van der Waals surface area contributed by atoms with Crippen LogP contribution in [0.5, 0.6) is 11.5 Å². The zero-order chi connectivity index (χ0) is 30.8. The van der Waals surface area contributed by atoms with Gasteiger partial charge in [0, 0.05) is 44.0 Å². The number of ketones is 1. The van der Waals surface area contributed by atoms with E-state index in [0.717, 1.165) is 6.07 Å². The molecule has 2 aromatic heterocycles. The largest absolute Gasteiger partial charge is 0.497 e. The number of carboxylic acids is 1. The lowest BCUT2D eigenvalue weighted by atomic mass is 10.1. The topological polar surface area (TPSA) is 127 Å². The second kappa shape index (κ2) is 12.6. The van der Waals surface area contributed by atoms with E-state index in [-0.39, 0.29) is 34.4 Å². The van der Waals surface area contributed by atoms with Crippen molar-refractivity contribution in [2.45, 2.75) is 30.8 Å². The minimum atomic E-state index is -1.37. The van der Waals surface area contributed by atoms with Gasteiger partial charge >= 0.3 is 5.97 Å². The van der Waals surface area contributed by atoms with Crippen LogP contribution in [0.15, 0.2) is 45.7 Å². The smallest absolute Gasteiger partial charge is 0.341 e. The maximum Gasteiger partial charge on any atom is 0.341 e. The summed E-state index contributed by atoms with van der Waals surface area (Å²) in [7, 11) is 2.98. The lowest BCUT2D eigenvalue weighted by Crippen LogP contribution is -2.52. The highest BCUT2D eigenvalue weighted by Crippen LogP contribution is 2.40. The van der Waals surface area contributed by atoms with E-state index in [1.807, 2.05) is 18.7 Å². The van der Waals surface area contributed by atoms with Gasteiger partial charge in [0.05, 0.1) is 30.9 Å². The van der Waals surface area contributed by atoms with Gasteiger partial charge in [-0.3, -0.25) is 9.59 Å². The van der Waals surface area contributed by atoms with E-state index in [9.17, 15) is 19.5 Å². The molecule has 1 N–H and O–H groups in total. The molecule has 0 saturated carbocycles. The van der Waals surface area contributed by atoms with Crippen molar-refractivity contribution in [2.24, 2.45) is 0 Å². The Hall–Kier alpha value is -4.17. The molecule has 1 fully saturated rings. The summed E-state index contributed by atoms with van der Waals surface area (Å²) in [6, 6.07) is 7.99. The first-order chi connectivity index (χ1) is 20.7. The number of carbonyl (C=O) groups excluding carboxylic acids is 1. The van der Waals surface area contributed by atoms with Gasteiger partial charge in [-0.15, -0.1) is 10.2 Å². The minimum absolute atomic E-state index is 0.0228. The molecule has 1 aliphatic rings. The third-order valence-corrected chi connectivity index (χ3v) is 9.44. The highest BCUT2D eigenvalue weighted by molar-refractivity contribution is 8.01. The van der Waals surface area contributed by atoms with Crippen LogP contribution < -0.4 is 24.7 Å². The van der Waals surface area contributed by atoms with E-state index in [1.54, 1.807) is 35.9 Å². The molecule has 2 aromatic carbocycles. The number of Topliss-reactive ketones (excluding diaryl/α,β-unsaturated/α-hetero) is 1. The molecule has 0 bridgehead atoms. The Balaban J connectivity index is 1.33. The van der Waals surface area contributed by atoms with Crippen LogP contribution in [0.1, 0.15) is 34.6 Å². The SMILES string of the molecule is CCn1cc(C(=O)O)c(=O)c2cc(F)c(N3CCN(c4nnc(SCC(=O)c5ccc(OC)cc5)s4)C(C)C3)c(OC)c21. The Labute approximate surface area is 254 Å². The van der Waals surface area contributed by atoms with E-state index in [2.05, 4.69) is 15.1 Å². The zero-order valence-corrected chi connectivity index (χ0v) is 25.6. The number of fused-ring (bicyclic) bond motifs is 1. The molecule has 0 spiro atoms. The van der Waals surface area contributed by atoms with Crippen LogP contribution >= 0.6 is 23.1 Å². The molecule has 3 heterocycles. The molecule has 43 heavy (non-hydrogen) atoms. The average Bonchev–Trinajstić information content (AvgIpc) is 3.48. The number of carbonyl (C=O) groups is 2. The normalized spacial score (nSPS) is 15.1. The number of aromatic nitrogens is 3. The molecule has 0 aliphatic carbocycles. The Bertz CT molecular complexity index is 1740. The van der Waals surface area contributed by atoms with Gasteiger partial charge in [-0.1, -0.05) is 23.1 Å². The predicted octanol–water partition coefficient (Wildman–Crippen LogP) is 4.42. The van der Waals surface area contributed by atoms with Crippen LogP contribution in [0.2, 0.25) is 0 Å². The number of hydrogen-bond acceptors (Lipinski definition) is 11. The number of rotatable bonds is 10. The third kappa shape index (κ3) is 5.89. The standard InChI is InChI=1S/C29H30FN5O6S2/c1-5-33-14-20(27(38)39)25(37)19-12-21(30)24(26(41-4)23(19)33)34-10-11-35(16(2)13-34)28-31-32-29(43-28)42-15-22(36)17-6-8-18(40-3)9-7-17/h6-9,12,14,16H,5,10-11,13,15H2,1-4H3,(H,38,39). The Kier molecular flexibility index (Phi) is 8.87. The number of halogens is 1. The van der Waals surface area contributed by atoms with Gasteiger partial charge in [-0.2, -0.15) is 0 Å². The second-order valence-electron chi connectivity index (χ2n) is 9.88. The number of nitrogens with zero attached hydrogens (tertiary/aromatic N) is 5. The highest BCUT2D eigenvalue weighted by atomic mass is 32.2. The first-order valence-electron chi connectivity index (χ1n) is 13.5. The van der Waals surface area contributed by atoms with Gasteiger partial charge in [-0.05, 0) is 44.2 Å². The number of piperazine rings is 1. The van der Waals surface area contributed by atoms with Crippen molar-refractivity contribution in [1.82, 2.24) is 14.8 Å². The van der Waals surface area contributed by atoms with Gasteiger partial charge in [0.1, 0.15) is 17.0 Å². The van der Waals surface area contributed by atoms with Crippen LogP contribution in [-0.2, 0) is 6.54 Å². The van der Waals surface area contributed by atoms with Crippen molar-refractivity contribution in [2.75, 3.05) is 49.4 Å². The van der Waals surface area contributed by atoms with Crippen LogP contribution in [0.4, 0.5) is 15.2 Å².